The lowest BCUT2D eigenvalue weighted by molar-refractivity contribution is -0.115. The molecule has 0 aliphatic heterocycles. The van der Waals surface area contributed by atoms with Crippen LogP contribution in [0.4, 0.5) is 17.1 Å². The Hall–Kier alpha value is -3.02. The van der Waals surface area contributed by atoms with Gasteiger partial charge in [0.05, 0.1) is 12.7 Å². The number of hydrogen-bond donors (Lipinski definition) is 2. The van der Waals surface area contributed by atoms with Crippen molar-refractivity contribution in [2.75, 3.05) is 43.3 Å². The predicted molar refractivity (Wildman–Crippen MR) is 100 cm³/mol. The highest BCUT2D eigenvalue weighted by atomic mass is 16.5. The van der Waals surface area contributed by atoms with Crippen molar-refractivity contribution >= 4 is 28.9 Å². The number of nitrogens with zero attached hydrogens (tertiary/aromatic N) is 1. The molecule has 0 aliphatic carbocycles. The summed E-state index contributed by atoms with van der Waals surface area (Å²) in [6.45, 7) is 0.499. The van der Waals surface area contributed by atoms with E-state index in [1.165, 1.54) is 7.11 Å². The molecule has 0 heterocycles. The van der Waals surface area contributed by atoms with Crippen LogP contribution in [-0.2, 0) is 9.53 Å². The van der Waals surface area contributed by atoms with Crippen molar-refractivity contribution in [2.24, 2.45) is 0 Å². The van der Waals surface area contributed by atoms with Crippen molar-refractivity contribution in [3.63, 3.8) is 0 Å². The Kier molecular flexibility index (Phi) is 6.39. The quantitative estimate of drug-likeness (QED) is 0.758. The fourth-order valence-electron chi connectivity index (χ4n) is 2.23. The molecule has 2 N–H and O–H groups in total. The van der Waals surface area contributed by atoms with Gasteiger partial charge in [0.2, 0.25) is 5.91 Å². The van der Waals surface area contributed by atoms with Gasteiger partial charge in [-0.2, -0.15) is 0 Å². The smallest absolute Gasteiger partial charge is 0.337 e. The highest BCUT2D eigenvalue weighted by molar-refractivity contribution is 5.91. The van der Waals surface area contributed by atoms with Gasteiger partial charge in [0.15, 0.2) is 0 Å². The zero-order chi connectivity index (χ0) is 18.2. The second kappa shape index (κ2) is 8.73. The molecule has 0 unspecified atom stereocenters. The molecule has 1 amide bonds. The maximum atomic E-state index is 12.0. The molecule has 0 saturated carbocycles. The molecule has 2 rings (SSSR count). The predicted octanol–water partition coefficient (Wildman–Crippen LogP) is 2.98. The van der Waals surface area contributed by atoms with Gasteiger partial charge in [-0.15, -0.1) is 0 Å². The van der Waals surface area contributed by atoms with Crippen molar-refractivity contribution in [1.29, 1.82) is 0 Å². The maximum absolute atomic E-state index is 12.0. The van der Waals surface area contributed by atoms with Gasteiger partial charge in [-0.05, 0) is 48.5 Å². The van der Waals surface area contributed by atoms with Crippen molar-refractivity contribution in [1.82, 2.24) is 0 Å². The van der Waals surface area contributed by atoms with Gasteiger partial charge in [0.1, 0.15) is 0 Å². The van der Waals surface area contributed by atoms with Crippen LogP contribution < -0.4 is 15.5 Å². The Balaban J connectivity index is 1.77. The number of nitrogens with one attached hydrogen (secondary N) is 2. The van der Waals surface area contributed by atoms with E-state index in [4.69, 9.17) is 0 Å². The van der Waals surface area contributed by atoms with Crippen LogP contribution in [0.5, 0.6) is 0 Å². The van der Waals surface area contributed by atoms with Gasteiger partial charge in [-0.1, -0.05) is 0 Å². The highest BCUT2D eigenvalue weighted by Gasteiger charge is 2.05. The molecular weight excluding hydrogens is 318 g/mol. The van der Waals surface area contributed by atoms with Crippen LogP contribution >= 0.6 is 0 Å². The molecule has 0 aromatic heterocycles. The van der Waals surface area contributed by atoms with Gasteiger partial charge in [0.25, 0.3) is 0 Å². The third kappa shape index (κ3) is 5.53. The van der Waals surface area contributed by atoms with Crippen molar-refractivity contribution in [2.45, 2.75) is 6.42 Å². The Bertz CT molecular complexity index is 710. The second-order valence-electron chi connectivity index (χ2n) is 5.74. The minimum Gasteiger partial charge on any atom is -0.465 e. The lowest BCUT2D eigenvalue weighted by Crippen LogP contribution is -2.16. The number of amides is 1. The number of anilines is 3. The summed E-state index contributed by atoms with van der Waals surface area (Å²) in [6.07, 6.45) is 0.341. The molecule has 0 atom stereocenters. The molecule has 0 bridgehead atoms. The van der Waals surface area contributed by atoms with Gasteiger partial charge in [-0.25, -0.2) is 4.79 Å². The number of benzene rings is 2. The SMILES string of the molecule is COC(=O)c1ccc(NCCC(=O)Nc2ccc(N(C)C)cc2)cc1. The molecule has 6 nitrogen and oxygen atoms in total. The largest absolute Gasteiger partial charge is 0.465 e. The molecular formula is C19H23N3O3. The van der Waals surface area contributed by atoms with E-state index in [0.717, 1.165) is 17.1 Å². The Morgan fingerprint density at radius 1 is 0.960 bits per heavy atom. The molecule has 2 aromatic carbocycles. The molecule has 0 fully saturated rings. The van der Waals surface area contributed by atoms with Crippen LogP contribution in [0, 0.1) is 0 Å². The summed E-state index contributed by atoms with van der Waals surface area (Å²) in [4.78, 5) is 25.3. The monoisotopic (exact) mass is 341 g/mol. The van der Waals surface area contributed by atoms with Crippen LogP contribution in [0.3, 0.4) is 0 Å². The van der Waals surface area contributed by atoms with Gasteiger partial charge in [-0.3, -0.25) is 4.79 Å². The Morgan fingerprint density at radius 3 is 2.12 bits per heavy atom. The fourth-order valence-corrected chi connectivity index (χ4v) is 2.23. The fraction of sp³-hybridized carbons (Fsp3) is 0.263. The second-order valence-corrected chi connectivity index (χ2v) is 5.74. The van der Waals surface area contributed by atoms with E-state index in [9.17, 15) is 9.59 Å². The first-order valence-corrected chi connectivity index (χ1v) is 7.99. The number of hydrogen-bond acceptors (Lipinski definition) is 5. The van der Waals surface area contributed by atoms with Gasteiger partial charge in [0, 0.05) is 44.1 Å². The average Bonchev–Trinajstić information content (AvgIpc) is 2.62. The van der Waals surface area contributed by atoms with Crippen LogP contribution in [0.15, 0.2) is 48.5 Å². The summed E-state index contributed by atoms with van der Waals surface area (Å²) in [5.74, 6) is -0.428. The number of ether oxygens (including phenoxy) is 1. The molecule has 0 spiro atoms. The van der Waals surface area contributed by atoms with E-state index in [1.54, 1.807) is 24.3 Å². The summed E-state index contributed by atoms with van der Waals surface area (Å²) in [5.41, 5.74) is 3.19. The van der Waals surface area contributed by atoms with E-state index in [2.05, 4.69) is 15.4 Å². The molecule has 2 aromatic rings. The zero-order valence-corrected chi connectivity index (χ0v) is 14.7. The van der Waals surface area contributed by atoms with Crippen LogP contribution in [-0.4, -0.2) is 39.6 Å². The lowest BCUT2D eigenvalue weighted by atomic mass is 10.2. The van der Waals surface area contributed by atoms with Crippen molar-refractivity contribution in [3.05, 3.63) is 54.1 Å². The molecule has 132 valence electrons. The van der Waals surface area contributed by atoms with E-state index >= 15 is 0 Å². The summed E-state index contributed by atoms with van der Waals surface area (Å²) < 4.78 is 4.65. The minimum atomic E-state index is -0.369. The van der Waals surface area contributed by atoms with E-state index in [0.29, 0.717) is 18.5 Å². The van der Waals surface area contributed by atoms with Crippen molar-refractivity contribution in [3.8, 4) is 0 Å². The Labute approximate surface area is 147 Å². The zero-order valence-electron chi connectivity index (χ0n) is 14.7. The first-order chi connectivity index (χ1) is 12.0. The molecule has 25 heavy (non-hydrogen) atoms. The van der Waals surface area contributed by atoms with Crippen LogP contribution in [0.2, 0.25) is 0 Å². The number of carbonyl (C=O) groups excluding carboxylic acids is 2. The molecule has 6 heteroatoms. The molecule has 0 aliphatic rings. The topological polar surface area (TPSA) is 70.7 Å². The standard InChI is InChI=1S/C19H23N3O3/c1-22(2)17-10-8-16(9-11-17)21-18(23)12-13-20-15-6-4-14(5-7-15)19(24)25-3/h4-11,20H,12-13H2,1-3H3,(H,21,23). The average molecular weight is 341 g/mol. The summed E-state index contributed by atoms with van der Waals surface area (Å²) in [7, 11) is 5.29. The number of rotatable bonds is 7. The van der Waals surface area contributed by atoms with Crippen LogP contribution in [0.25, 0.3) is 0 Å². The minimum absolute atomic E-state index is 0.0590. The number of methoxy groups -OCH3 is 1. The highest BCUT2D eigenvalue weighted by Crippen LogP contribution is 2.16. The lowest BCUT2D eigenvalue weighted by Gasteiger charge is -2.13. The summed E-state index contributed by atoms with van der Waals surface area (Å²) >= 11 is 0. The van der Waals surface area contributed by atoms with Crippen LogP contribution in [0.1, 0.15) is 16.8 Å². The number of esters is 1. The van der Waals surface area contributed by atoms with Gasteiger partial charge >= 0.3 is 5.97 Å². The van der Waals surface area contributed by atoms with E-state index < -0.39 is 0 Å². The van der Waals surface area contributed by atoms with Crippen molar-refractivity contribution < 1.29 is 14.3 Å². The molecule has 0 saturated heterocycles. The summed E-state index contributed by atoms with van der Waals surface area (Å²) in [5, 5.41) is 6.02. The maximum Gasteiger partial charge on any atom is 0.337 e. The first-order valence-electron chi connectivity index (χ1n) is 7.99. The Morgan fingerprint density at radius 2 is 1.56 bits per heavy atom. The summed E-state index contributed by atoms with van der Waals surface area (Å²) in [6, 6.07) is 14.6. The van der Waals surface area contributed by atoms with E-state index in [-0.39, 0.29) is 11.9 Å². The molecule has 0 radical (unpaired) electrons. The van der Waals surface area contributed by atoms with E-state index in [1.807, 2.05) is 43.3 Å². The number of carbonyl (C=O) groups is 2. The van der Waals surface area contributed by atoms with Gasteiger partial charge < -0.3 is 20.3 Å². The third-order valence-corrected chi connectivity index (χ3v) is 3.65. The normalized spacial score (nSPS) is 10.0. The first kappa shape index (κ1) is 18.3. The third-order valence-electron chi connectivity index (χ3n) is 3.65.